The molecule has 0 heteroatoms. The number of allylic oxidation sites excluding steroid dienone is 3. The molecule has 194 valence electrons. The van der Waals surface area contributed by atoms with Gasteiger partial charge in [-0.1, -0.05) is 143 Å². The second kappa shape index (κ2) is 10.9. The molecule has 0 N–H and O–H groups in total. The fraction of sp³-hybridized carbons (Fsp3) is 0.405. The summed E-state index contributed by atoms with van der Waals surface area (Å²) >= 11 is 0. The van der Waals surface area contributed by atoms with Gasteiger partial charge in [0.15, 0.2) is 0 Å². The minimum Gasteiger partial charge on any atom is -0.0961 e. The average molecular weight is 491 g/mol. The molecule has 0 radical (unpaired) electrons. The van der Waals surface area contributed by atoms with E-state index in [-0.39, 0.29) is 10.8 Å². The molecule has 0 aromatic heterocycles. The molecule has 0 fully saturated rings. The van der Waals surface area contributed by atoms with Crippen LogP contribution in [0.5, 0.6) is 0 Å². The van der Waals surface area contributed by atoms with Gasteiger partial charge in [-0.05, 0) is 73.3 Å². The molecule has 0 saturated carbocycles. The van der Waals surface area contributed by atoms with Crippen molar-refractivity contribution in [2.45, 2.75) is 85.0 Å². The molecule has 2 aliphatic rings. The summed E-state index contributed by atoms with van der Waals surface area (Å²) in [4.78, 5) is 0. The molecular weight excluding hydrogens is 444 g/mol. The molecule has 0 aliphatic heterocycles. The summed E-state index contributed by atoms with van der Waals surface area (Å²) in [5, 5.41) is 0. The highest BCUT2D eigenvalue weighted by Crippen LogP contribution is 2.59. The number of rotatable bonds is 9. The standard InChI is InChI=1S/C37H46/c1-9-27(5)24-36(31-15-11-29(7)12-16-31)33-19-21-34(22-20-33)37(25-28(6)10-2,35(36)23-26(3)4)32-17-13-30(8)14-18-32/h11-23,27-28H,3,9-10,24-25H2,1-2,4-8H3. The molecule has 4 atom stereocenters. The van der Waals surface area contributed by atoms with Crippen molar-refractivity contribution in [3.05, 3.63) is 130 Å². The van der Waals surface area contributed by atoms with Crippen molar-refractivity contribution >= 4 is 0 Å². The molecular formula is C37H46. The maximum absolute atomic E-state index is 4.46. The Kier molecular flexibility index (Phi) is 7.98. The Balaban J connectivity index is 2.19. The third-order valence-corrected chi connectivity index (χ3v) is 8.97. The van der Waals surface area contributed by atoms with Crippen molar-refractivity contribution in [2.24, 2.45) is 11.8 Å². The summed E-state index contributed by atoms with van der Waals surface area (Å²) in [5.74, 6) is 1.15. The quantitative estimate of drug-likeness (QED) is 0.280. The lowest BCUT2D eigenvalue weighted by atomic mass is 9.54. The fourth-order valence-electron chi connectivity index (χ4n) is 6.55. The van der Waals surface area contributed by atoms with Gasteiger partial charge in [-0.2, -0.15) is 0 Å². The van der Waals surface area contributed by atoms with Crippen LogP contribution < -0.4 is 0 Å². The van der Waals surface area contributed by atoms with Crippen LogP contribution in [0.1, 0.15) is 93.7 Å². The van der Waals surface area contributed by atoms with Crippen molar-refractivity contribution in [1.82, 2.24) is 0 Å². The number of hydrogen-bond acceptors (Lipinski definition) is 0. The van der Waals surface area contributed by atoms with Crippen molar-refractivity contribution in [2.75, 3.05) is 0 Å². The van der Waals surface area contributed by atoms with Crippen LogP contribution in [0.25, 0.3) is 0 Å². The van der Waals surface area contributed by atoms with Gasteiger partial charge in [0.2, 0.25) is 0 Å². The van der Waals surface area contributed by atoms with Gasteiger partial charge < -0.3 is 0 Å². The number of hydrogen-bond donors (Lipinski definition) is 0. The van der Waals surface area contributed by atoms with E-state index in [0.717, 1.165) is 31.3 Å². The second-order valence-corrected chi connectivity index (χ2v) is 12.0. The minimum atomic E-state index is -0.230. The van der Waals surface area contributed by atoms with Gasteiger partial charge in [0.05, 0.1) is 0 Å². The highest BCUT2D eigenvalue weighted by molar-refractivity contribution is 5.64. The van der Waals surface area contributed by atoms with Crippen molar-refractivity contribution in [3.8, 4) is 0 Å². The molecule has 2 bridgehead atoms. The number of benzene rings is 3. The van der Waals surface area contributed by atoms with Gasteiger partial charge in [0.1, 0.15) is 0 Å². The van der Waals surface area contributed by atoms with Crippen molar-refractivity contribution < 1.29 is 0 Å². The summed E-state index contributed by atoms with van der Waals surface area (Å²) in [5.41, 5.74) is 10.4. The van der Waals surface area contributed by atoms with Gasteiger partial charge in [-0.15, -0.1) is 0 Å². The van der Waals surface area contributed by atoms with Gasteiger partial charge in [0, 0.05) is 10.8 Å². The Morgan fingerprint density at radius 1 is 0.649 bits per heavy atom. The first-order valence-corrected chi connectivity index (χ1v) is 14.3. The van der Waals surface area contributed by atoms with Crippen LogP contribution in [0.4, 0.5) is 0 Å². The Morgan fingerprint density at radius 3 is 1.22 bits per heavy atom. The van der Waals surface area contributed by atoms with E-state index in [4.69, 9.17) is 0 Å². The highest BCUT2D eigenvalue weighted by atomic mass is 14.5. The van der Waals surface area contributed by atoms with E-state index in [0.29, 0.717) is 11.8 Å². The van der Waals surface area contributed by atoms with Crippen molar-refractivity contribution in [3.63, 3.8) is 0 Å². The summed E-state index contributed by atoms with van der Waals surface area (Å²) in [7, 11) is 0. The van der Waals surface area contributed by atoms with Crippen LogP contribution >= 0.6 is 0 Å². The molecule has 0 heterocycles. The van der Waals surface area contributed by atoms with Crippen LogP contribution in [0.3, 0.4) is 0 Å². The van der Waals surface area contributed by atoms with E-state index in [1.165, 1.54) is 39.0 Å². The normalized spacial score (nSPS) is 22.4. The van der Waals surface area contributed by atoms with Crippen molar-refractivity contribution in [1.29, 1.82) is 0 Å². The number of fused-ring (bicyclic) bond motifs is 4. The highest BCUT2D eigenvalue weighted by Gasteiger charge is 2.52. The monoisotopic (exact) mass is 490 g/mol. The van der Waals surface area contributed by atoms with Crippen LogP contribution in [-0.4, -0.2) is 0 Å². The Morgan fingerprint density at radius 2 is 0.946 bits per heavy atom. The van der Waals surface area contributed by atoms with Gasteiger partial charge in [-0.3, -0.25) is 0 Å². The zero-order valence-electron chi connectivity index (χ0n) is 24.2. The first-order chi connectivity index (χ1) is 17.7. The summed E-state index contributed by atoms with van der Waals surface area (Å²) < 4.78 is 0. The Hall–Kier alpha value is -2.86. The zero-order chi connectivity index (χ0) is 26.8. The van der Waals surface area contributed by atoms with Gasteiger partial charge >= 0.3 is 0 Å². The minimum absolute atomic E-state index is 0.230. The zero-order valence-corrected chi connectivity index (χ0v) is 24.2. The maximum atomic E-state index is 4.46. The van der Waals surface area contributed by atoms with E-state index in [9.17, 15) is 0 Å². The molecule has 4 unspecified atom stereocenters. The van der Waals surface area contributed by atoms with E-state index >= 15 is 0 Å². The van der Waals surface area contributed by atoms with Gasteiger partial charge in [-0.25, -0.2) is 0 Å². The van der Waals surface area contributed by atoms with E-state index in [1.54, 1.807) is 0 Å². The Labute approximate surface area is 226 Å². The molecule has 37 heavy (non-hydrogen) atoms. The molecule has 3 aromatic rings. The molecule has 0 spiro atoms. The molecule has 2 aliphatic carbocycles. The molecule has 0 saturated heterocycles. The largest absolute Gasteiger partial charge is 0.0961 e. The van der Waals surface area contributed by atoms with E-state index in [2.05, 4.69) is 134 Å². The van der Waals surface area contributed by atoms with Crippen LogP contribution in [0.2, 0.25) is 0 Å². The molecule has 3 aromatic carbocycles. The Bertz CT molecular complexity index is 1150. The summed E-state index contributed by atoms with van der Waals surface area (Å²) in [6.07, 6.45) is 6.95. The lowest BCUT2D eigenvalue weighted by molar-refractivity contribution is 0.344. The number of aryl methyl sites for hydroxylation is 2. The fourth-order valence-corrected chi connectivity index (χ4v) is 6.55. The molecule has 0 amide bonds. The molecule has 0 nitrogen and oxygen atoms in total. The lowest BCUT2D eigenvalue weighted by Crippen LogP contribution is -2.43. The predicted molar refractivity (Wildman–Crippen MR) is 161 cm³/mol. The molecule has 5 rings (SSSR count). The topological polar surface area (TPSA) is 0 Å². The maximum Gasteiger partial charge on any atom is 0.0428 e. The van der Waals surface area contributed by atoms with Gasteiger partial charge in [0.25, 0.3) is 0 Å². The smallest absolute Gasteiger partial charge is 0.0428 e. The van der Waals surface area contributed by atoms with Crippen LogP contribution in [-0.2, 0) is 10.8 Å². The summed E-state index contributed by atoms with van der Waals surface area (Å²) in [6, 6.07) is 28.5. The average Bonchev–Trinajstić information content (AvgIpc) is 3.05. The third-order valence-electron chi connectivity index (χ3n) is 8.97. The lowest BCUT2D eigenvalue weighted by Gasteiger charge is -2.48. The summed E-state index contributed by atoms with van der Waals surface area (Å²) in [6.45, 7) is 20.5. The SMILES string of the molecule is C=C(C)C=C1C(CC(C)CC)(c2ccc(C)cc2)c2ccc(cc2)C1(CC(C)CC)c1ccc(C)cc1. The predicted octanol–water partition coefficient (Wildman–Crippen LogP) is 10.3. The van der Waals surface area contributed by atoms with Crippen LogP contribution in [0, 0.1) is 25.7 Å². The second-order valence-electron chi connectivity index (χ2n) is 12.0. The van der Waals surface area contributed by atoms with Crippen LogP contribution in [0.15, 0.2) is 96.6 Å². The third kappa shape index (κ3) is 4.88. The first-order valence-electron chi connectivity index (χ1n) is 14.3. The first kappa shape index (κ1) is 27.2. The van der Waals surface area contributed by atoms with E-state index < -0.39 is 0 Å². The van der Waals surface area contributed by atoms with E-state index in [1.807, 2.05) is 0 Å².